The lowest BCUT2D eigenvalue weighted by Crippen LogP contribution is -2.51. The lowest BCUT2D eigenvalue weighted by atomic mass is 9.52. The number of nitrogens with one attached hydrogen (secondary N) is 1. The van der Waals surface area contributed by atoms with Crippen LogP contribution in [0.15, 0.2) is 42.0 Å². The number of rotatable bonds is 2. The molecule has 0 amide bonds. The zero-order valence-corrected chi connectivity index (χ0v) is 15.7. The first-order valence-corrected chi connectivity index (χ1v) is 9.16. The zero-order chi connectivity index (χ0) is 19.4. The van der Waals surface area contributed by atoms with Crippen LogP contribution in [-0.2, 0) is 16.6 Å². The van der Waals surface area contributed by atoms with E-state index < -0.39 is 10.8 Å². The smallest absolute Gasteiger partial charge is 0.211 e. The van der Waals surface area contributed by atoms with Crippen LogP contribution in [0.5, 0.6) is 0 Å². The van der Waals surface area contributed by atoms with Gasteiger partial charge in [-0.25, -0.2) is 0 Å². The van der Waals surface area contributed by atoms with E-state index in [1.165, 1.54) is 0 Å². The molecule has 1 aromatic carbocycles. The Kier molecular flexibility index (Phi) is 3.71. The number of hydrogen-bond acceptors (Lipinski definition) is 4. The normalized spacial score (nSPS) is 25.8. The largest absolute Gasteiger partial charge is 0.293 e. The number of aromatic amines is 1. The van der Waals surface area contributed by atoms with Gasteiger partial charge in [-0.05, 0) is 18.8 Å². The van der Waals surface area contributed by atoms with Crippen LogP contribution in [0.1, 0.15) is 54.5 Å². The van der Waals surface area contributed by atoms with Crippen LogP contribution in [0.25, 0.3) is 0 Å². The number of carbonyl (C=O) groups excluding carboxylic acids is 2. The molecule has 2 aliphatic rings. The highest BCUT2D eigenvalue weighted by atomic mass is 16.1. The van der Waals surface area contributed by atoms with E-state index in [9.17, 15) is 14.9 Å². The molecule has 27 heavy (non-hydrogen) atoms. The first kappa shape index (κ1) is 17.4. The molecule has 0 spiro atoms. The average molecular weight is 359 g/mol. The summed E-state index contributed by atoms with van der Waals surface area (Å²) < 4.78 is 0. The fraction of sp³-hybridized carbons (Fsp3) is 0.364. The molecule has 5 heteroatoms. The van der Waals surface area contributed by atoms with E-state index in [1.54, 1.807) is 18.2 Å². The second kappa shape index (κ2) is 5.75. The molecule has 0 saturated carbocycles. The lowest BCUT2D eigenvalue weighted by Gasteiger charge is -2.49. The quantitative estimate of drug-likeness (QED) is 0.831. The maximum atomic E-state index is 13.0. The van der Waals surface area contributed by atoms with Crippen LogP contribution in [-0.4, -0.2) is 21.8 Å². The molecular formula is C22H21N3O2. The number of allylic oxidation sites excluding steroid dienone is 2. The summed E-state index contributed by atoms with van der Waals surface area (Å²) in [7, 11) is 0. The number of hydrogen-bond donors (Lipinski definition) is 1. The number of H-pyrrole nitrogens is 1. The van der Waals surface area contributed by atoms with Crippen LogP contribution in [0, 0.1) is 22.7 Å². The minimum atomic E-state index is -0.644. The molecule has 0 fully saturated rings. The van der Waals surface area contributed by atoms with Gasteiger partial charge in [0.05, 0.1) is 11.3 Å². The Morgan fingerprint density at radius 3 is 2.63 bits per heavy atom. The minimum Gasteiger partial charge on any atom is -0.293 e. The Hall–Kier alpha value is -3.00. The van der Waals surface area contributed by atoms with Gasteiger partial charge in [0.1, 0.15) is 11.8 Å². The van der Waals surface area contributed by atoms with Crippen molar-refractivity contribution >= 4 is 11.6 Å². The number of Topliss-reactive ketones (excluding diaryl/α,β-unsaturated/α-hetero) is 1. The Morgan fingerprint density at radius 2 is 1.96 bits per heavy atom. The number of carbonyl (C=O) groups is 2. The van der Waals surface area contributed by atoms with Crippen LogP contribution in [0.4, 0.5) is 0 Å². The van der Waals surface area contributed by atoms with Crippen molar-refractivity contribution in [3.05, 3.63) is 64.5 Å². The summed E-state index contributed by atoms with van der Waals surface area (Å²) in [6, 6.07) is 11.2. The molecule has 0 aliphatic heterocycles. The number of benzene rings is 1. The molecule has 1 heterocycles. The van der Waals surface area contributed by atoms with Crippen molar-refractivity contribution in [2.24, 2.45) is 11.3 Å². The molecule has 0 radical (unpaired) electrons. The molecule has 0 saturated heterocycles. The third-order valence-electron chi connectivity index (χ3n) is 6.31. The maximum Gasteiger partial charge on any atom is 0.211 e. The third-order valence-corrected chi connectivity index (χ3v) is 6.31. The number of nitriles is 1. The van der Waals surface area contributed by atoms with E-state index >= 15 is 0 Å². The van der Waals surface area contributed by atoms with Gasteiger partial charge in [0.2, 0.25) is 5.78 Å². The summed E-state index contributed by atoms with van der Waals surface area (Å²) in [5, 5.41) is 16.9. The summed E-state index contributed by atoms with van der Waals surface area (Å²) >= 11 is 0. The summed E-state index contributed by atoms with van der Waals surface area (Å²) in [6.07, 6.45) is 3.22. The van der Waals surface area contributed by atoms with Gasteiger partial charge in [0.15, 0.2) is 5.78 Å². The lowest BCUT2D eigenvalue weighted by molar-refractivity contribution is -0.128. The van der Waals surface area contributed by atoms with E-state index in [2.05, 4.69) is 16.3 Å². The highest BCUT2D eigenvalue weighted by Crippen LogP contribution is 2.54. The summed E-state index contributed by atoms with van der Waals surface area (Å²) in [4.78, 5) is 25.7. The summed E-state index contributed by atoms with van der Waals surface area (Å²) in [6.45, 7) is 5.85. The molecular weight excluding hydrogens is 338 g/mol. The van der Waals surface area contributed by atoms with Gasteiger partial charge < -0.3 is 0 Å². The van der Waals surface area contributed by atoms with Crippen LogP contribution < -0.4 is 0 Å². The summed E-state index contributed by atoms with van der Waals surface area (Å²) in [5.41, 5.74) is 1.80. The standard InChI is InChI=1S/C22H21N3O2/c1-21(2)16-10-9-15-17(18(26)13-7-5-4-6-8-13)24-25-19(15)22(16,3)11-14(12-23)20(21)27/h4-8,11,16H,9-10H2,1-3H3,(H,24,25)/t16-,22-/m0/s1. The fourth-order valence-corrected chi connectivity index (χ4v) is 4.96. The van der Waals surface area contributed by atoms with E-state index in [1.807, 2.05) is 39.0 Å². The van der Waals surface area contributed by atoms with Crippen LogP contribution >= 0.6 is 0 Å². The minimum absolute atomic E-state index is 0.0325. The van der Waals surface area contributed by atoms with Gasteiger partial charge in [-0.3, -0.25) is 14.7 Å². The van der Waals surface area contributed by atoms with Gasteiger partial charge in [-0.15, -0.1) is 0 Å². The summed E-state index contributed by atoms with van der Waals surface area (Å²) in [5.74, 6) is -0.154. The van der Waals surface area contributed by atoms with Gasteiger partial charge in [0, 0.05) is 22.0 Å². The number of ketones is 2. The van der Waals surface area contributed by atoms with Crippen molar-refractivity contribution in [1.29, 1.82) is 5.26 Å². The van der Waals surface area contributed by atoms with Crippen LogP contribution in [0.3, 0.4) is 0 Å². The molecule has 2 atom stereocenters. The van der Waals surface area contributed by atoms with Gasteiger partial charge in [-0.1, -0.05) is 57.2 Å². The molecule has 1 aromatic heterocycles. The first-order chi connectivity index (χ1) is 12.8. The van der Waals surface area contributed by atoms with Crippen molar-refractivity contribution in [2.45, 2.75) is 39.0 Å². The van der Waals surface area contributed by atoms with E-state index in [0.717, 1.165) is 17.7 Å². The Bertz CT molecular complexity index is 1020. The molecule has 4 rings (SSSR count). The number of fused-ring (bicyclic) bond motifs is 3. The van der Waals surface area contributed by atoms with E-state index in [0.29, 0.717) is 17.7 Å². The van der Waals surface area contributed by atoms with E-state index in [4.69, 9.17) is 0 Å². The third kappa shape index (κ3) is 2.33. The topological polar surface area (TPSA) is 86.6 Å². The van der Waals surface area contributed by atoms with Crippen molar-refractivity contribution in [3.63, 3.8) is 0 Å². The molecule has 0 unspecified atom stereocenters. The number of aromatic nitrogens is 2. The van der Waals surface area contributed by atoms with Crippen molar-refractivity contribution in [2.75, 3.05) is 0 Å². The Balaban J connectivity index is 1.86. The molecule has 2 aromatic rings. The predicted octanol–water partition coefficient (Wildman–Crippen LogP) is 3.52. The second-order valence-corrected chi connectivity index (χ2v) is 8.22. The predicted molar refractivity (Wildman–Crippen MR) is 100 cm³/mol. The molecule has 2 aliphatic carbocycles. The molecule has 136 valence electrons. The first-order valence-electron chi connectivity index (χ1n) is 9.16. The SMILES string of the molecule is CC1(C)C(=O)C(C#N)=C[C@]2(C)c3n[nH]c(C(=O)c4ccccc4)c3CC[C@@H]12. The monoisotopic (exact) mass is 359 g/mol. The van der Waals surface area contributed by atoms with Gasteiger partial charge in [-0.2, -0.15) is 10.4 Å². The molecule has 5 nitrogen and oxygen atoms in total. The van der Waals surface area contributed by atoms with Crippen LogP contribution in [0.2, 0.25) is 0 Å². The van der Waals surface area contributed by atoms with Gasteiger partial charge in [0.25, 0.3) is 0 Å². The van der Waals surface area contributed by atoms with Crippen molar-refractivity contribution in [1.82, 2.24) is 10.2 Å². The molecule has 0 bridgehead atoms. The fourth-order valence-electron chi connectivity index (χ4n) is 4.96. The average Bonchev–Trinajstić information content (AvgIpc) is 3.10. The maximum absolute atomic E-state index is 13.0. The molecule has 1 N–H and O–H groups in total. The van der Waals surface area contributed by atoms with Crippen molar-refractivity contribution < 1.29 is 9.59 Å². The highest BCUT2D eigenvalue weighted by Gasteiger charge is 2.55. The zero-order valence-electron chi connectivity index (χ0n) is 15.7. The Labute approximate surface area is 158 Å². The Morgan fingerprint density at radius 1 is 1.26 bits per heavy atom. The van der Waals surface area contributed by atoms with Crippen molar-refractivity contribution in [3.8, 4) is 6.07 Å². The highest BCUT2D eigenvalue weighted by molar-refractivity contribution is 6.09. The van der Waals surface area contributed by atoms with Gasteiger partial charge >= 0.3 is 0 Å². The second-order valence-electron chi connectivity index (χ2n) is 8.22. The van der Waals surface area contributed by atoms with E-state index in [-0.39, 0.29) is 23.1 Å². The number of nitrogens with zero attached hydrogens (tertiary/aromatic N) is 2.